The molecular weight excluding hydrogens is 304 g/mol. The van der Waals surface area contributed by atoms with E-state index in [4.69, 9.17) is 14.7 Å². The standard InChI is InChI=1S/C16H14O7/c1-11(17)21-15-8-3-2-7-14(15)16(18)22-13-6-4-5-12(9-13)10-20-23-19/h2-9,19H,10H2,1H3. The minimum Gasteiger partial charge on any atom is -0.426 e. The summed E-state index contributed by atoms with van der Waals surface area (Å²) in [6.45, 7) is 1.22. The van der Waals surface area contributed by atoms with Crippen molar-refractivity contribution in [2.24, 2.45) is 0 Å². The molecule has 0 amide bonds. The Hall–Kier alpha value is -2.74. The third-order valence-electron chi connectivity index (χ3n) is 2.75. The van der Waals surface area contributed by atoms with Crippen LogP contribution >= 0.6 is 0 Å². The molecule has 7 heteroatoms. The summed E-state index contributed by atoms with van der Waals surface area (Å²) in [5, 5.41) is 11.7. The zero-order valence-electron chi connectivity index (χ0n) is 12.2. The second kappa shape index (κ2) is 8.04. The first-order valence-corrected chi connectivity index (χ1v) is 6.61. The lowest BCUT2D eigenvalue weighted by molar-refractivity contribution is -0.496. The fraction of sp³-hybridized carbons (Fsp3) is 0.125. The Morgan fingerprint density at radius 1 is 1.04 bits per heavy atom. The van der Waals surface area contributed by atoms with Crippen LogP contribution in [-0.2, 0) is 21.3 Å². The number of para-hydroxylation sites is 1. The average Bonchev–Trinajstić information content (AvgIpc) is 2.53. The van der Waals surface area contributed by atoms with E-state index < -0.39 is 11.9 Å². The molecular formula is C16H14O7. The predicted octanol–water partition coefficient (Wildman–Crippen LogP) is 2.75. The van der Waals surface area contributed by atoms with Gasteiger partial charge in [-0.05, 0) is 29.8 Å². The van der Waals surface area contributed by atoms with E-state index in [1.54, 1.807) is 36.4 Å². The Morgan fingerprint density at radius 2 is 1.83 bits per heavy atom. The van der Waals surface area contributed by atoms with Gasteiger partial charge in [-0.2, -0.15) is 0 Å². The van der Waals surface area contributed by atoms with Gasteiger partial charge in [-0.3, -0.25) is 4.79 Å². The quantitative estimate of drug-likeness (QED) is 0.379. The van der Waals surface area contributed by atoms with Crippen LogP contribution in [0.25, 0.3) is 0 Å². The topological polar surface area (TPSA) is 91.3 Å². The number of carbonyl (C=O) groups excluding carboxylic acids is 2. The summed E-state index contributed by atoms with van der Waals surface area (Å²) in [7, 11) is 0. The Labute approximate surface area is 131 Å². The van der Waals surface area contributed by atoms with E-state index in [2.05, 4.69) is 9.93 Å². The van der Waals surface area contributed by atoms with Gasteiger partial charge in [-0.15, -0.1) is 0 Å². The van der Waals surface area contributed by atoms with Crippen molar-refractivity contribution in [1.29, 1.82) is 0 Å². The molecule has 0 aliphatic carbocycles. The van der Waals surface area contributed by atoms with Crippen LogP contribution in [0.5, 0.6) is 11.5 Å². The molecule has 23 heavy (non-hydrogen) atoms. The molecule has 0 aromatic heterocycles. The number of rotatable bonds is 6. The van der Waals surface area contributed by atoms with Gasteiger partial charge >= 0.3 is 11.9 Å². The molecule has 0 radical (unpaired) electrons. The molecule has 0 aliphatic rings. The number of esters is 2. The molecule has 0 heterocycles. The van der Waals surface area contributed by atoms with E-state index in [9.17, 15) is 9.59 Å². The van der Waals surface area contributed by atoms with E-state index in [1.165, 1.54) is 19.1 Å². The Bertz CT molecular complexity index is 696. The molecule has 2 rings (SSSR count). The average molecular weight is 318 g/mol. The third-order valence-corrected chi connectivity index (χ3v) is 2.75. The molecule has 0 spiro atoms. The van der Waals surface area contributed by atoms with Crippen LogP contribution in [0.2, 0.25) is 0 Å². The molecule has 120 valence electrons. The van der Waals surface area contributed by atoms with Gasteiger partial charge in [0.25, 0.3) is 0 Å². The first-order chi connectivity index (χ1) is 11.1. The van der Waals surface area contributed by atoms with Crippen LogP contribution in [0.3, 0.4) is 0 Å². The summed E-state index contributed by atoms with van der Waals surface area (Å²) in [6, 6.07) is 12.7. The van der Waals surface area contributed by atoms with E-state index in [0.717, 1.165) is 0 Å². The minimum atomic E-state index is -0.668. The summed E-state index contributed by atoms with van der Waals surface area (Å²) >= 11 is 0. The number of carbonyl (C=O) groups is 2. The maximum absolute atomic E-state index is 12.2. The minimum absolute atomic E-state index is 0.0219. The van der Waals surface area contributed by atoms with Gasteiger partial charge < -0.3 is 9.47 Å². The van der Waals surface area contributed by atoms with Gasteiger partial charge in [0.2, 0.25) is 0 Å². The lowest BCUT2D eigenvalue weighted by atomic mass is 10.2. The van der Waals surface area contributed by atoms with Crippen LogP contribution in [0.15, 0.2) is 48.5 Å². The zero-order valence-corrected chi connectivity index (χ0v) is 12.2. The van der Waals surface area contributed by atoms with Crippen molar-refractivity contribution >= 4 is 11.9 Å². The van der Waals surface area contributed by atoms with E-state index in [1.807, 2.05) is 0 Å². The van der Waals surface area contributed by atoms with Gasteiger partial charge in [0.15, 0.2) is 0 Å². The first kappa shape index (κ1) is 16.6. The van der Waals surface area contributed by atoms with Gasteiger partial charge in [-0.1, -0.05) is 29.3 Å². The number of ether oxygens (including phenoxy) is 2. The summed E-state index contributed by atoms with van der Waals surface area (Å²) in [6.07, 6.45) is 0. The van der Waals surface area contributed by atoms with Crippen molar-refractivity contribution in [2.45, 2.75) is 13.5 Å². The molecule has 0 aliphatic heterocycles. The van der Waals surface area contributed by atoms with Gasteiger partial charge in [0.1, 0.15) is 23.7 Å². The molecule has 0 unspecified atom stereocenters. The maximum atomic E-state index is 12.2. The fourth-order valence-electron chi connectivity index (χ4n) is 1.83. The van der Waals surface area contributed by atoms with E-state index in [-0.39, 0.29) is 23.7 Å². The van der Waals surface area contributed by atoms with E-state index in [0.29, 0.717) is 5.56 Å². The SMILES string of the molecule is CC(=O)Oc1ccccc1C(=O)Oc1cccc(COOO)c1. The maximum Gasteiger partial charge on any atom is 0.347 e. The largest absolute Gasteiger partial charge is 0.426 e. The van der Waals surface area contributed by atoms with E-state index >= 15 is 0 Å². The molecule has 1 N–H and O–H groups in total. The monoisotopic (exact) mass is 318 g/mol. The Kier molecular flexibility index (Phi) is 5.81. The first-order valence-electron chi connectivity index (χ1n) is 6.61. The summed E-state index contributed by atoms with van der Waals surface area (Å²) in [5.74, 6) is -0.809. The summed E-state index contributed by atoms with van der Waals surface area (Å²) in [5.41, 5.74) is 0.751. The molecule has 7 nitrogen and oxygen atoms in total. The van der Waals surface area contributed by atoms with Gasteiger partial charge in [-0.25, -0.2) is 14.9 Å². The van der Waals surface area contributed by atoms with Crippen molar-refractivity contribution < 1.29 is 34.2 Å². The second-order valence-electron chi connectivity index (χ2n) is 4.46. The van der Waals surface area contributed by atoms with Crippen molar-refractivity contribution in [2.75, 3.05) is 0 Å². The molecule has 0 fully saturated rings. The van der Waals surface area contributed by atoms with Crippen molar-refractivity contribution in [3.8, 4) is 11.5 Å². The van der Waals surface area contributed by atoms with Crippen LogP contribution < -0.4 is 9.47 Å². The highest BCUT2D eigenvalue weighted by atomic mass is 17.5. The lowest BCUT2D eigenvalue weighted by Gasteiger charge is -2.09. The number of hydrogen-bond acceptors (Lipinski definition) is 7. The van der Waals surface area contributed by atoms with Crippen molar-refractivity contribution in [3.05, 3.63) is 59.7 Å². The van der Waals surface area contributed by atoms with Crippen LogP contribution in [0.1, 0.15) is 22.8 Å². The fourth-order valence-corrected chi connectivity index (χ4v) is 1.83. The van der Waals surface area contributed by atoms with Crippen LogP contribution in [0.4, 0.5) is 0 Å². The van der Waals surface area contributed by atoms with Crippen LogP contribution in [0, 0.1) is 0 Å². The molecule has 0 saturated carbocycles. The molecule has 2 aromatic rings. The lowest BCUT2D eigenvalue weighted by Crippen LogP contribution is -2.12. The van der Waals surface area contributed by atoms with Gasteiger partial charge in [0.05, 0.1) is 0 Å². The zero-order chi connectivity index (χ0) is 16.7. The third kappa shape index (κ3) is 4.89. The molecule has 0 bridgehead atoms. The van der Waals surface area contributed by atoms with Crippen molar-refractivity contribution in [3.63, 3.8) is 0 Å². The number of benzene rings is 2. The highest BCUT2D eigenvalue weighted by Gasteiger charge is 2.16. The molecule has 0 atom stereocenters. The number of hydrogen-bond donors (Lipinski definition) is 1. The van der Waals surface area contributed by atoms with Crippen molar-refractivity contribution in [1.82, 2.24) is 0 Å². The highest BCUT2D eigenvalue weighted by molar-refractivity contribution is 5.94. The Balaban J connectivity index is 2.14. The normalized spacial score (nSPS) is 10.2. The van der Waals surface area contributed by atoms with Gasteiger partial charge in [0, 0.05) is 6.92 Å². The highest BCUT2D eigenvalue weighted by Crippen LogP contribution is 2.21. The summed E-state index contributed by atoms with van der Waals surface area (Å²) < 4.78 is 10.2. The van der Waals surface area contributed by atoms with Crippen LogP contribution in [-0.4, -0.2) is 17.2 Å². The second-order valence-corrected chi connectivity index (χ2v) is 4.46. The Morgan fingerprint density at radius 3 is 2.57 bits per heavy atom. The molecule has 2 aromatic carbocycles. The molecule has 0 saturated heterocycles. The smallest absolute Gasteiger partial charge is 0.347 e. The predicted molar refractivity (Wildman–Crippen MR) is 77.7 cm³/mol. The summed E-state index contributed by atoms with van der Waals surface area (Å²) in [4.78, 5) is 27.7.